The molecule has 0 aliphatic rings. The van der Waals surface area contributed by atoms with Crippen LogP contribution in [0.3, 0.4) is 0 Å². The van der Waals surface area contributed by atoms with Crippen molar-refractivity contribution in [3.63, 3.8) is 0 Å². The van der Waals surface area contributed by atoms with E-state index in [1.54, 1.807) is 0 Å². The Morgan fingerprint density at radius 3 is 2.50 bits per heavy atom. The standard InChI is InChI=1S/C10H10F3N3OS/c1-16(5-8(14)18)9(17)7-3-2-6(4-15-7)10(11,12)13/h2-4H,5H2,1H3,(H2,14,18). The molecule has 1 rings (SSSR count). The van der Waals surface area contributed by atoms with Crippen molar-refractivity contribution in [2.24, 2.45) is 5.73 Å². The Kier molecular flexibility index (Phi) is 4.23. The molecule has 1 amide bonds. The van der Waals surface area contributed by atoms with Crippen LogP contribution >= 0.6 is 12.2 Å². The van der Waals surface area contributed by atoms with E-state index < -0.39 is 17.6 Å². The van der Waals surface area contributed by atoms with Gasteiger partial charge >= 0.3 is 6.18 Å². The summed E-state index contributed by atoms with van der Waals surface area (Å²) < 4.78 is 36.8. The van der Waals surface area contributed by atoms with Gasteiger partial charge in [-0.3, -0.25) is 9.78 Å². The van der Waals surface area contributed by atoms with E-state index in [1.807, 2.05) is 0 Å². The predicted molar refractivity (Wildman–Crippen MR) is 63.0 cm³/mol. The fourth-order valence-electron chi connectivity index (χ4n) is 1.19. The Bertz CT molecular complexity index is 458. The number of pyridine rings is 1. The van der Waals surface area contributed by atoms with Gasteiger partial charge in [0.15, 0.2) is 0 Å². The van der Waals surface area contributed by atoms with Crippen molar-refractivity contribution >= 4 is 23.1 Å². The highest BCUT2D eigenvalue weighted by Crippen LogP contribution is 2.28. The molecule has 0 atom stereocenters. The molecule has 0 saturated heterocycles. The highest BCUT2D eigenvalue weighted by molar-refractivity contribution is 7.80. The average molecular weight is 277 g/mol. The second-order valence-corrected chi connectivity index (χ2v) is 4.08. The van der Waals surface area contributed by atoms with Crippen molar-refractivity contribution in [2.45, 2.75) is 6.18 Å². The van der Waals surface area contributed by atoms with Crippen LogP contribution in [0.1, 0.15) is 16.1 Å². The first kappa shape index (κ1) is 14.4. The van der Waals surface area contributed by atoms with Gasteiger partial charge in [-0.2, -0.15) is 13.2 Å². The molecule has 0 spiro atoms. The van der Waals surface area contributed by atoms with Crippen molar-refractivity contribution in [2.75, 3.05) is 13.6 Å². The number of rotatable bonds is 3. The summed E-state index contributed by atoms with van der Waals surface area (Å²) >= 11 is 4.63. The summed E-state index contributed by atoms with van der Waals surface area (Å²) in [5, 5.41) is 0. The van der Waals surface area contributed by atoms with Gasteiger partial charge in [-0.05, 0) is 12.1 Å². The summed E-state index contributed by atoms with van der Waals surface area (Å²) in [7, 11) is 1.43. The van der Waals surface area contributed by atoms with Crippen LogP contribution in [-0.4, -0.2) is 34.4 Å². The smallest absolute Gasteiger partial charge is 0.392 e. The number of hydrogen-bond acceptors (Lipinski definition) is 3. The molecule has 1 heterocycles. The minimum absolute atomic E-state index is 0.0386. The first-order chi connectivity index (χ1) is 8.21. The van der Waals surface area contributed by atoms with Gasteiger partial charge in [0.1, 0.15) is 5.69 Å². The van der Waals surface area contributed by atoms with Crippen LogP contribution in [0.5, 0.6) is 0 Å². The zero-order valence-electron chi connectivity index (χ0n) is 9.36. The van der Waals surface area contributed by atoms with Crippen LogP contribution in [0, 0.1) is 0 Å². The monoisotopic (exact) mass is 277 g/mol. The molecule has 98 valence electrons. The van der Waals surface area contributed by atoms with Crippen molar-refractivity contribution in [3.8, 4) is 0 Å². The SMILES string of the molecule is CN(CC(N)=S)C(=O)c1ccc(C(F)(F)F)cn1. The topological polar surface area (TPSA) is 59.2 Å². The lowest BCUT2D eigenvalue weighted by Crippen LogP contribution is -2.34. The lowest BCUT2D eigenvalue weighted by atomic mass is 10.2. The molecular weight excluding hydrogens is 267 g/mol. The van der Waals surface area contributed by atoms with Crippen LogP contribution in [0.25, 0.3) is 0 Å². The van der Waals surface area contributed by atoms with E-state index in [1.165, 1.54) is 11.9 Å². The average Bonchev–Trinajstić information content (AvgIpc) is 2.26. The quantitative estimate of drug-likeness (QED) is 0.850. The number of carbonyl (C=O) groups is 1. The number of nitrogens with zero attached hydrogens (tertiary/aromatic N) is 2. The molecule has 0 radical (unpaired) electrons. The maximum Gasteiger partial charge on any atom is 0.417 e. The number of halogens is 3. The Morgan fingerprint density at radius 1 is 1.50 bits per heavy atom. The number of aromatic nitrogens is 1. The number of amides is 1. The summed E-state index contributed by atoms with van der Waals surface area (Å²) in [6.45, 7) is 0.0386. The molecule has 0 aliphatic carbocycles. The van der Waals surface area contributed by atoms with E-state index in [0.29, 0.717) is 6.20 Å². The number of likely N-dealkylation sites (N-methyl/N-ethyl adjacent to an activating group) is 1. The molecule has 0 fully saturated rings. The van der Waals surface area contributed by atoms with Gasteiger partial charge in [-0.15, -0.1) is 0 Å². The third kappa shape index (κ3) is 3.66. The van der Waals surface area contributed by atoms with Crippen molar-refractivity contribution in [1.29, 1.82) is 0 Å². The van der Waals surface area contributed by atoms with E-state index in [2.05, 4.69) is 17.2 Å². The fraction of sp³-hybridized carbons (Fsp3) is 0.300. The highest BCUT2D eigenvalue weighted by atomic mass is 32.1. The molecule has 0 bridgehead atoms. The summed E-state index contributed by atoms with van der Waals surface area (Å²) in [5.41, 5.74) is 4.26. The molecule has 0 unspecified atom stereocenters. The number of nitrogens with two attached hydrogens (primary N) is 1. The molecule has 0 saturated carbocycles. The van der Waals surface area contributed by atoms with Crippen molar-refractivity contribution in [3.05, 3.63) is 29.6 Å². The normalized spacial score (nSPS) is 11.1. The summed E-state index contributed by atoms with van der Waals surface area (Å²) in [6, 6.07) is 1.82. The second kappa shape index (κ2) is 5.30. The molecule has 1 aromatic heterocycles. The molecule has 2 N–H and O–H groups in total. The second-order valence-electron chi connectivity index (χ2n) is 3.56. The van der Waals surface area contributed by atoms with Crippen LogP contribution in [-0.2, 0) is 6.18 Å². The van der Waals surface area contributed by atoms with Crippen LogP contribution in [0.2, 0.25) is 0 Å². The van der Waals surface area contributed by atoms with Gasteiger partial charge in [-0.1, -0.05) is 12.2 Å². The number of thiocarbonyl (C=S) groups is 1. The third-order valence-corrected chi connectivity index (χ3v) is 2.18. The van der Waals surface area contributed by atoms with E-state index in [9.17, 15) is 18.0 Å². The molecule has 18 heavy (non-hydrogen) atoms. The van der Waals surface area contributed by atoms with Gasteiger partial charge < -0.3 is 10.6 Å². The summed E-state index contributed by atoms with van der Waals surface area (Å²) in [6.07, 6.45) is -3.86. The van der Waals surface area contributed by atoms with Gasteiger partial charge in [0.05, 0.1) is 17.1 Å². The van der Waals surface area contributed by atoms with E-state index in [-0.39, 0.29) is 17.2 Å². The first-order valence-corrected chi connectivity index (χ1v) is 5.19. The van der Waals surface area contributed by atoms with E-state index in [4.69, 9.17) is 5.73 Å². The lowest BCUT2D eigenvalue weighted by molar-refractivity contribution is -0.137. The zero-order valence-corrected chi connectivity index (χ0v) is 10.2. The lowest BCUT2D eigenvalue weighted by Gasteiger charge is -2.15. The molecule has 0 aliphatic heterocycles. The number of hydrogen-bond donors (Lipinski definition) is 1. The molecule has 8 heteroatoms. The molecular formula is C10H10F3N3OS. The minimum Gasteiger partial charge on any atom is -0.392 e. The first-order valence-electron chi connectivity index (χ1n) is 4.79. The Morgan fingerprint density at radius 2 is 2.11 bits per heavy atom. The minimum atomic E-state index is -4.47. The van der Waals surface area contributed by atoms with Gasteiger partial charge in [0, 0.05) is 13.2 Å². The summed E-state index contributed by atoms with van der Waals surface area (Å²) in [5.74, 6) is -0.545. The van der Waals surface area contributed by atoms with Crippen molar-refractivity contribution < 1.29 is 18.0 Å². The largest absolute Gasteiger partial charge is 0.417 e. The van der Waals surface area contributed by atoms with Crippen LogP contribution in [0.15, 0.2) is 18.3 Å². The Labute approximate surface area is 107 Å². The fourth-order valence-corrected chi connectivity index (χ4v) is 1.38. The van der Waals surface area contributed by atoms with E-state index >= 15 is 0 Å². The maximum absolute atomic E-state index is 12.3. The van der Waals surface area contributed by atoms with E-state index in [0.717, 1.165) is 12.1 Å². The Balaban J connectivity index is 2.85. The number of alkyl halides is 3. The van der Waals surface area contributed by atoms with Crippen LogP contribution in [0.4, 0.5) is 13.2 Å². The van der Waals surface area contributed by atoms with Crippen LogP contribution < -0.4 is 5.73 Å². The molecule has 4 nitrogen and oxygen atoms in total. The van der Waals surface area contributed by atoms with Gasteiger partial charge in [-0.25, -0.2) is 0 Å². The summed E-state index contributed by atoms with van der Waals surface area (Å²) in [4.78, 5) is 16.5. The molecule has 1 aromatic rings. The maximum atomic E-state index is 12.3. The predicted octanol–water partition coefficient (Wildman–Crippen LogP) is 1.46. The highest BCUT2D eigenvalue weighted by Gasteiger charge is 2.31. The Hall–Kier alpha value is -1.70. The van der Waals surface area contributed by atoms with Crippen molar-refractivity contribution in [1.82, 2.24) is 9.88 Å². The number of carbonyl (C=O) groups excluding carboxylic acids is 1. The zero-order chi connectivity index (χ0) is 13.9. The third-order valence-electron chi connectivity index (χ3n) is 2.05. The molecule has 0 aromatic carbocycles. The van der Waals surface area contributed by atoms with Gasteiger partial charge in [0.2, 0.25) is 0 Å². The van der Waals surface area contributed by atoms with Gasteiger partial charge in [0.25, 0.3) is 5.91 Å².